The Morgan fingerprint density at radius 3 is 2.46 bits per heavy atom. The molecule has 0 bridgehead atoms. The number of allylic oxidation sites excluding steroid dienone is 1. The van der Waals surface area contributed by atoms with Crippen LogP contribution in [0.15, 0.2) is 12.3 Å². The fourth-order valence-corrected chi connectivity index (χ4v) is 6.39. The summed E-state index contributed by atoms with van der Waals surface area (Å²) in [6.07, 6.45) is 4.24. The minimum Gasteiger partial charge on any atom is -0.389 e. The van der Waals surface area contributed by atoms with Gasteiger partial charge in [-0.05, 0) is 66.7 Å². The number of ketones is 1. The summed E-state index contributed by atoms with van der Waals surface area (Å²) in [5.41, 5.74) is -1.62. The van der Waals surface area contributed by atoms with Crippen molar-refractivity contribution < 1.29 is 28.3 Å². The third-order valence-corrected chi connectivity index (χ3v) is 10.1. The summed E-state index contributed by atoms with van der Waals surface area (Å²) in [5.74, 6) is -2.85. The summed E-state index contributed by atoms with van der Waals surface area (Å²) in [6, 6.07) is -2.41. The number of alkyl halides is 1. The standard InChI is InChI=1S/C28H45BFN4O5PS/c1-16-17(10-12-31-16)13-18(20(35)15-39-26(4,5)29)32-22(36)19-14-28(41)11-8-7-9-21(28)34(19)24(38)23(37)33-25(2,3)27(6,30)40/h17-19,21,31,41H,1,7-15,40H2,2-6H3,(H,32,36)(H,33,37)/t17-,18-,19-,21?,27?,28?/m0/s1. The molecule has 3 N–H and O–H groups in total. The van der Waals surface area contributed by atoms with E-state index in [2.05, 4.69) is 22.5 Å². The maximum Gasteiger partial charge on any atom is 0.312 e. The minimum absolute atomic E-state index is 0.0369. The van der Waals surface area contributed by atoms with E-state index >= 15 is 0 Å². The van der Waals surface area contributed by atoms with Gasteiger partial charge in [-0.3, -0.25) is 19.2 Å². The molecule has 2 radical (unpaired) electrons. The van der Waals surface area contributed by atoms with Crippen molar-refractivity contribution in [1.82, 2.24) is 20.9 Å². The topological polar surface area (TPSA) is 117 Å². The van der Waals surface area contributed by atoms with Gasteiger partial charge < -0.3 is 25.6 Å². The number of hydrogen-bond acceptors (Lipinski definition) is 7. The van der Waals surface area contributed by atoms with E-state index in [0.29, 0.717) is 19.3 Å². The lowest BCUT2D eigenvalue weighted by molar-refractivity contribution is -0.151. The van der Waals surface area contributed by atoms with Crippen molar-refractivity contribution in [3.05, 3.63) is 12.3 Å². The lowest BCUT2D eigenvalue weighted by Gasteiger charge is -2.39. The zero-order valence-corrected chi connectivity index (χ0v) is 26.9. The molecule has 3 aliphatic rings. The number of carbonyl (C=O) groups is 4. The average Bonchev–Trinajstić information content (AvgIpc) is 3.39. The van der Waals surface area contributed by atoms with Gasteiger partial charge >= 0.3 is 11.8 Å². The number of halogens is 1. The first-order valence-electron chi connectivity index (χ1n) is 14.3. The largest absolute Gasteiger partial charge is 0.389 e. The molecule has 3 rings (SSSR count). The summed E-state index contributed by atoms with van der Waals surface area (Å²) in [4.78, 5) is 55.3. The van der Waals surface area contributed by atoms with Crippen molar-refractivity contribution in [2.24, 2.45) is 5.92 Å². The van der Waals surface area contributed by atoms with Gasteiger partial charge in [0.25, 0.3) is 0 Å². The van der Waals surface area contributed by atoms with E-state index in [0.717, 1.165) is 31.5 Å². The second-order valence-corrected chi connectivity index (χ2v) is 15.0. The van der Waals surface area contributed by atoms with Crippen LogP contribution in [-0.4, -0.2) is 88.7 Å². The number of fused-ring (bicyclic) bond motifs is 1. The van der Waals surface area contributed by atoms with Crippen LogP contribution < -0.4 is 16.0 Å². The Balaban J connectivity index is 1.87. The molecular formula is C28H45BFN4O5PS. The number of nitrogens with one attached hydrogen (secondary N) is 3. The quantitative estimate of drug-likeness (QED) is 0.130. The van der Waals surface area contributed by atoms with Crippen molar-refractivity contribution in [3.8, 4) is 0 Å². The van der Waals surface area contributed by atoms with Crippen LogP contribution in [0.2, 0.25) is 0 Å². The van der Waals surface area contributed by atoms with E-state index in [1.54, 1.807) is 13.8 Å². The van der Waals surface area contributed by atoms with Crippen molar-refractivity contribution in [2.45, 2.75) is 119 Å². The van der Waals surface area contributed by atoms with Crippen molar-refractivity contribution in [3.63, 3.8) is 0 Å². The minimum atomic E-state index is -1.89. The molecule has 2 saturated heterocycles. The van der Waals surface area contributed by atoms with Gasteiger partial charge in [0, 0.05) is 34.4 Å². The average molecular weight is 611 g/mol. The third kappa shape index (κ3) is 8.05. The lowest BCUT2D eigenvalue weighted by Crippen LogP contribution is -2.61. The Morgan fingerprint density at radius 1 is 1.24 bits per heavy atom. The SMILES string of the molecule is [B]C(C)(C)OCC(=O)[C@H](C[C@@H]1CCNC1=C)NC(=O)[C@@H]1CC2(S)CCCCC2N1C(=O)C(=O)NC(C)(C)C(C)(F)P. The Kier molecular flexibility index (Phi) is 10.3. The molecule has 7 atom stereocenters. The van der Waals surface area contributed by atoms with Gasteiger partial charge in [-0.25, -0.2) is 4.39 Å². The normalized spacial score (nSPS) is 28.7. The molecule has 2 heterocycles. The second kappa shape index (κ2) is 12.5. The van der Waals surface area contributed by atoms with Gasteiger partial charge in [0.15, 0.2) is 5.78 Å². The van der Waals surface area contributed by atoms with Gasteiger partial charge in [0.2, 0.25) is 5.91 Å². The smallest absolute Gasteiger partial charge is 0.312 e. The molecule has 9 nitrogen and oxygen atoms in total. The summed E-state index contributed by atoms with van der Waals surface area (Å²) in [5, 5.41) is 6.65. The number of rotatable bonds is 10. The van der Waals surface area contributed by atoms with E-state index in [4.69, 9.17) is 25.2 Å². The Morgan fingerprint density at radius 2 is 1.90 bits per heavy atom. The predicted molar refractivity (Wildman–Crippen MR) is 163 cm³/mol. The van der Waals surface area contributed by atoms with Crippen LogP contribution in [0.5, 0.6) is 0 Å². The number of ether oxygens (including phenoxy) is 1. The molecule has 1 aliphatic carbocycles. The summed E-state index contributed by atoms with van der Waals surface area (Å²) in [6.45, 7) is 11.9. The van der Waals surface area contributed by atoms with E-state index < -0.39 is 57.0 Å². The second-order valence-electron chi connectivity index (χ2n) is 13.0. The van der Waals surface area contributed by atoms with E-state index in [1.807, 2.05) is 9.24 Å². The molecule has 228 valence electrons. The Bertz CT molecular complexity index is 1070. The van der Waals surface area contributed by atoms with E-state index in [-0.39, 0.29) is 24.7 Å². The van der Waals surface area contributed by atoms with Crippen LogP contribution in [0.3, 0.4) is 0 Å². The van der Waals surface area contributed by atoms with Crippen molar-refractivity contribution in [1.29, 1.82) is 0 Å². The van der Waals surface area contributed by atoms with Crippen molar-refractivity contribution in [2.75, 3.05) is 13.2 Å². The molecule has 41 heavy (non-hydrogen) atoms. The van der Waals surface area contributed by atoms with Gasteiger partial charge in [-0.15, -0.1) is 0 Å². The molecule has 0 aromatic heterocycles. The van der Waals surface area contributed by atoms with E-state index in [9.17, 15) is 23.6 Å². The number of likely N-dealkylation sites (tertiary alicyclic amines) is 1. The lowest BCUT2D eigenvalue weighted by atomic mass is 9.83. The number of nitrogens with zero attached hydrogens (tertiary/aromatic N) is 1. The molecule has 2 aliphatic heterocycles. The first-order valence-corrected chi connectivity index (χ1v) is 15.3. The summed E-state index contributed by atoms with van der Waals surface area (Å²) >= 11 is 4.93. The molecule has 1 saturated carbocycles. The molecule has 0 aromatic carbocycles. The summed E-state index contributed by atoms with van der Waals surface area (Å²) < 4.78 is 19.6. The van der Waals surface area contributed by atoms with Crippen molar-refractivity contribution >= 4 is 53.2 Å². The number of amides is 3. The monoisotopic (exact) mass is 610 g/mol. The fraction of sp³-hybridized carbons (Fsp3) is 0.786. The zero-order chi connectivity index (χ0) is 31.0. The van der Waals surface area contributed by atoms with Gasteiger partial charge in [-0.2, -0.15) is 12.6 Å². The van der Waals surface area contributed by atoms with Crippen LogP contribution in [0.25, 0.3) is 0 Å². The van der Waals surface area contributed by atoms with Gasteiger partial charge in [0.05, 0.1) is 11.6 Å². The molecular weight excluding hydrogens is 565 g/mol. The molecule has 0 spiro atoms. The van der Waals surface area contributed by atoms with Crippen LogP contribution >= 0.6 is 21.9 Å². The highest BCUT2D eigenvalue weighted by molar-refractivity contribution is 7.81. The summed E-state index contributed by atoms with van der Waals surface area (Å²) in [7, 11) is 7.94. The Labute approximate surface area is 252 Å². The highest BCUT2D eigenvalue weighted by Gasteiger charge is 2.56. The van der Waals surface area contributed by atoms with Gasteiger partial charge in [-0.1, -0.05) is 28.7 Å². The van der Waals surface area contributed by atoms with Crippen LogP contribution in [-0.2, 0) is 23.9 Å². The molecule has 3 fully saturated rings. The molecule has 4 unspecified atom stereocenters. The third-order valence-electron chi connectivity index (χ3n) is 8.70. The molecule has 0 aromatic rings. The number of thiol groups is 1. The van der Waals surface area contributed by atoms with Crippen LogP contribution in [0, 0.1) is 5.92 Å². The van der Waals surface area contributed by atoms with E-state index in [1.165, 1.54) is 25.7 Å². The first-order chi connectivity index (χ1) is 18.8. The van der Waals surface area contributed by atoms with Crippen LogP contribution in [0.4, 0.5) is 4.39 Å². The maximum absolute atomic E-state index is 14.7. The Hall–Kier alpha value is -1.65. The highest BCUT2D eigenvalue weighted by atomic mass is 32.1. The zero-order valence-electron chi connectivity index (χ0n) is 24.8. The molecule has 13 heteroatoms. The number of carbonyl (C=O) groups excluding carboxylic acids is 4. The maximum atomic E-state index is 14.7. The number of Topliss-reactive ketones (excluding diaryl/α,β-unsaturated/α-hetero) is 1. The first kappa shape index (κ1) is 33.9. The fourth-order valence-electron chi connectivity index (χ4n) is 5.74. The molecule has 3 amide bonds. The van der Waals surface area contributed by atoms with Gasteiger partial charge in [0.1, 0.15) is 25.9 Å². The van der Waals surface area contributed by atoms with Crippen LogP contribution in [0.1, 0.15) is 79.6 Å². The highest BCUT2D eigenvalue weighted by Crippen LogP contribution is 2.47. The predicted octanol–water partition coefficient (Wildman–Crippen LogP) is 2.14. The number of hydrogen-bond donors (Lipinski definition) is 4.